The smallest absolute Gasteiger partial charge is 0.306 e. The van der Waals surface area contributed by atoms with E-state index in [9.17, 15) is 10.1 Å². The first kappa shape index (κ1) is 22.4. The second kappa shape index (κ2) is 10.1. The van der Waals surface area contributed by atoms with E-state index in [0.29, 0.717) is 36.6 Å². The number of hydrogen-bond donors (Lipinski definition) is 2. The molecule has 0 aliphatic carbocycles. The number of thioether (sulfide) groups is 1. The van der Waals surface area contributed by atoms with Crippen molar-refractivity contribution >= 4 is 34.9 Å². The number of nitrogens with one attached hydrogen (secondary N) is 2. The summed E-state index contributed by atoms with van der Waals surface area (Å²) in [5.41, 5.74) is 2.50. The second-order valence-electron chi connectivity index (χ2n) is 7.84. The zero-order chi connectivity index (χ0) is 22.3. The number of carbonyl (C=O) groups is 1. The lowest BCUT2D eigenvalue weighted by molar-refractivity contribution is -0.154. The molecule has 1 aliphatic rings. The third-order valence-electron chi connectivity index (χ3n) is 4.14. The lowest BCUT2D eigenvalue weighted by Gasteiger charge is -2.19. The van der Waals surface area contributed by atoms with E-state index in [4.69, 9.17) is 4.74 Å². The van der Waals surface area contributed by atoms with Crippen molar-refractivity contribution in [3.05, 3.63) is 64.3 Å². The molecule has 0 amide bonds. The highest BCUT2D eigenvalue weighted by molar-refractivity contribution is 8.06. The Morgan fingerprint density at radius 3 is 2.74 bits per heavy atom. The number of benzene rings is 1. The number of carbonyl (C=O) groups excluding carboxylic acids is 1. The van der Waals surface area contributed by atoms with E-state index in [0.717, 1.165) is 16.3 Å². The highest BCUT2D eigenvalue weighted by Gasteiger charge is 2.19. The predicted molar refractivity (Wildman–Crippen MR) is 123 cm³/mol. The quantitative estimate of drug-likeness (QED) is 0.371. The largest absolute Gasteiger partial charge is 0.460 e. The van der Waals surface area contributed by atoms with E-state index in [-0.39, 0.29) is 5.97 Å². The number of rotatable bonds is 7. The molecule has 0 saturated carbocycles. The normalized spacial score (nSPS) is 14.8. The minimum atomic E-state index is -0.481. The van der Waals surface area contributed by atoms with Crippen molar-refractivity contribution in [2.75, 3.05) is 11.9 Å². The summed E-state index contributed by atoms with van der Waals surface area (Å²) in [5.74, 6) is 0.181. The summed E-state index contributed by atoms with van der Waals surface area (Å²) in [6, 6.07) is 13.9. The SMILES string of the molecule is CC(C)(C)OC(=O)CCCNc1nccc(C(C#N)=C2NC(c3ccccc3)=CS2)n1. The van der Waals surface area contributed by atoms with Crippen LogP contribution < -0.4 is 10.6 Å². The van der Waals surface area contributed by atoms with E-state index in [1.165, 1.54) is 11.8 Å². The van der Waals surface area contributed by atoms with Gasteiger partial charge in [0.15, 0.2) is 0 Å². The van der Waals surface area contributed by atoms with Crippen LogP contribution in [0.25, 0.3) is 11.3 Å². The monoisotopic (exact) mass is 435 g/mol. The van der Waals surface area contributed by atoms with Crippen molar-refractivity contribution in [3.63, 3.8) is 0 Å². The van der Waals surface area contributed by atoms with Crippen LogP contribution >= 0.6 is 11.8 Å². The molecule has 1 aromatic heterocycles. The number of hydrogen-bond acceptors (Lipinski definition) is 8. The number of esters is 1. The van der Waals surface area contributed by atoms with Gasteiger partial charge in [-0.25, -0.2) is 9.97 Å². The highest BCUT2D eigenvalue weighted by atomic mass is 32.2. The maximum atomic E-state index is 11.8. The standard InChI is InChI=1S/C23H25N5O2S/c1-23(2,3)30-20(29)10-7-12-25-22-26-13-11-18(28-22)17(14-24)21-27-19(15-31-21)16-8-5-4-6-9-16/h4-6,8-9,11,13,15,27H,7,10,12H2,1-3H3,(H,25,26,28). The summed E-state index contributed by atoms with van der Waals surface area (Å²) < 4.78 is 5.30. The van der Waals surface area contributed by atoms with Gasteiger partial charge in [0.05, 0.1) is 16.4 Å². The Morgan fingerprint density at radius 2 is 2.03 bits per heavy atom. The van der Waals surface area contributed by atoms with Crippen molar-refractivity contribution in [2.24, 2.45) is 0 Å². The first-order valence-corrected chi connectivity index (χ1v) is 10.9. The lowest BCUT2D eigenvalue weighted by atomic mass is 10.1. The first-order valence-electron chi connectivity index (χ1n) is 9.98. The average molecular weight is 436 g/mol. The van der Waals surface area contributed by atoms with E-state index >= 15 is 0 Å². The van der Waals surface area contributed by atoms with E-state index < -0.39 is 5.60 Å². The molecule has 0 unspecified atom stereocenters. The van der Waals surface area contributed by atoms with Gasteiger partial charge in [-0.05, 0) is 38.8 Å². The minimum absolute atomic E-state index is 0.230. The Hall–Kier alpha value is -3.31. The zero-order valence-electron chi connectivity index (χ0n) is 17.8. The fourth-order valence-electron chi connectivity index (χ4n) is 2.81. The molecule has 0 bridgehead atoms. The Balaban J connectivity index is 1.61. The van der Waals surface area contributed by atoms with E-state index in [2.05, 4.69) is 26.7 Å². The molecule has 0 spiro atoms. The summed E-state index contributed by atoms with van der Waals surface area (Å²) in [6.07, 6.45) is 2.52. The molecule has 7 nitrogen and oxygen atoms in total. The number of aromatic nitrogens is 2. The van der Waals surface area contributed by atoms with Crippen LogP contribution in [0.3, 0.4) is 0 Å². The van der Waals surface area contributed by atoms with Crippen LogP contribution in [-0.2, 0) is 9.53 Å². The van der Waals surface area contributed by atoms with Crippen LogP contribution in [0.1, 0.15) is 44.9 Å². The molecular formula is C23H25N5O2S. The summed E-state index contributed by atoms with van der Waals surface area (Å²) in [6.45, 7) is 6.06. The number of allylic oxidation sites excluding steroid dienone is 1. The first-order chi connectivity index (χ1) is 14.9. The zero-order valence-corrected chi connectivity index (χ0v) is 18.6. The molecule has 8 heteroatoms. The molecule has 1 aromatic carbocycles. The van der Waals surface area contributed by atoms with Crippen molar-refractivity contribution in [1.29, 1.82) is 5.26 Å². The highest BCUT2D eigenvalue weighted by Crippen LogP contribution is 2.34. The maximum Gasteiger partial charge on any atom is 0.306 e. The Kier molecular flexibility index (Phi) is 7.32. The Labute approximate surface area is 186 Å². The van der Waals surface area contributed by atoms with Gasteiger partial charge in [-0.3, -0.25) is 4.79 Å². The molecule has 2 N–H and O–H groups in total. The van der Waals surface area contributed by atoms with Crippen LogP contribution in [-0.4, -0.2) is 28.1 Å². The molecule has 31 heavy (non-hydrogen) atoms. The van der Waals surface area contributed by atoms with Crippen LogP contribution in [0.4, 0.5) is 5.95 Å². The third-order valence-corrected chi connectivity index (χ3v) is 5.03. The number of nitriles is 1. The topological polar surface area (TPSA) is 99.9 Å². The van der Waals surface area contributed by atoms with Crippen LogP contribution in [0.2, 0.25) is 0 Å². The Bertz CT molecular complexity index is 1040. The van der Waals surface area contributed by atoms with Gasteiger partial charge in [0, 0.05) is 24.6 Å². The fourth-order valence-corrected chi connectivity index (χ4v) is 3.68. The molecule has 160 valence electrons. The van der Waals surface area contributed by atoms with Crippen molar-refractivity contribution < 1.29 is 9.53 Å². The van der Waals surface area contributed by atoms with E-state index in [1.807, 2.05) is 56.5 Å². The van der Waals surface area contributed by atoms with Gasteiger partial charge in [0.25, 0.3) is 0 Å². The second-order valence-corrected chi connectivity index (χ2v) is 8.72. The summed E-state index contributed by atoms with van der Waals surface area (Å²) in [7, 11) is 0. The van der Waals surface area contributed by atoms with Crippen molar-refractivity contribution in [2.45, 2.75) is 39.2 Å². The lowest BCUT2D eigenvalue weighted by Crippen LogP contribution is -2.24. The van der Waals surface area contributed by atoms with Gasteiger partial charge >= 0.3 is 5.97 Å². The number of ether oxygens (including phenoxy) is 1. The molecule has 2 heterocycles. The molecular weight excluding hydrogens is 410 g/mol. The maximum absolute atomic E-state index is 11.8. The number of nitrogens with zero attached hydrogens (tertiary/aromatic N) is 3. The van der Waals surface area contributed by atoms with Crippen molar-refractivity contribution in [1.82, 2.24) is 15.3 Å². The summed E-state index contributed by atoms with van der Waals surface area (Å²) in [5, 5.41) is 18.9. The van der Waals surface area contributed by atoms with E-state index in [1.54, 1.807) is 12.3 Å². The molecule has 0 saturated heterocycles. The average Bonchev–Trinajstić information content (AvgIpc) is 3.21. The van der Waals surface area contributed by atoms with Gasteiger partial charge in [-0.1, -0.05) is 42.1 Å². The molecule has 2 aromatic rings. The van der Waals surface area contributed by atoms with Gasteiger partial charge in [0.2, 0.25) is 5.95 Å². The van der Waals surface area contributed by atoms with Crippen LogP contribution in [0.15, 0.2) is 53.0 Å². The Morgan fingerprint density at radius 1 is 1.26 bits per heavy atom. The predicted octanol–water partition coefficient (Wildman–Crippen LogP) is 4.54. The molecule has 1 aliphatic heterocycles. The van der Waals surface area contributed by atoms with Crippen molar-refractivity contribution in [3.8, 4) is 6.07 Å². The fraction of sp³-hybridized carbons (Fsp3) is 0.304. The molecule has 0 radical (unpaired) electrons. The molecule has 0 atom stereocenters. The molecule has 0 fully saturated rings. The van der Waals surface area contributed by atoms with Gasteiger partial charge in [-0.15, -0.1) is 0 Å². The number of anilines is 1. The summed E-state index contributed by atoms with van der Waals surface area (Å²) in [4.78, 5) is 20.5. The van der Waals surface area contributed by atoms with Gasteiger partial charge < -0.3 is 15.4 Å². The third kappa shape index (κ3) is 6.59. The summed E-state index contributed by atoms with van der Waals surface area (Å²) >= 11 is 1.46. The molecule has 3 rings (SSSR count). The van der Waals surface area contributed by atoms with Gasteiger partial charge in [-0.2, -0.15) is 5.26 Å². The van der Waals surface area contributed by atoms with Crippen LogP contribution in [0.5, 0.6) is 0 Å². The van der Waals surface area contributed by atoms with Crippen LogP contribution in [0, 0.1) is 11.3 Å². The van der Waals surface area contributed by atoms with Gasteiger partial charge in [0.1, 0.15) is 17.2 Å². The minimum Gasteiger partial charge on any atom is -0.460 e.